The second kappa shape index (κ2) is 10.2. The summed E-state index contributed by atoms with van der Waals surface area (Å²) in [6.07, 6.45) is 3.84. The van der Waals surface area contributed by atoms with Gasteiger partial charge >= 0.3 is 0 Å². The number of anilines is 2. The third-order valence-electron chi connectivity index (χ3n) is 4.22. The van der Waals surface area contributed by atoms with Crippen molar-refractivity contribution in [3.8, 4) is 0 Å². The molecule has 0 unspecified atom stereocenters. The first-order chi connectivity index (χ1) is 11.7. The van der Waals surface area contributed by atoms with Crippen molar-refractivity contribution in [1.29, 1.82) is 0 Å². The minimum absolute atomic E-state index is 0.0850. The van der Waals surface area contributed by atoms with Gasteiger partial charge in [0, 0.05) is 37.6 Å². The van der Waals surface area contributed by atoms with Gasteiger partial charge in [-0.05, 0) is 51.1 Å². The minimum Gasteiger partial charge on any atom is -0.399 e. The van der Waals surface area contributed by atoms with Crippen LogP contribution in [0.5, 0.6) is 0 Å². The maximum absolute atomic E-state index is 12.5. The van der Waals surface area contributed by atoms with E-state index in [0.29, 0.717) is 37.6 Å². The molecule has 1 heterocycles. The molecule has 6 nitrogen and oxygen atoms in total. The number of likely N-dealkylation sites (tertiary alicyclic amines) is 1. The molecule has 0 saturated carbocycles. The number of hydrogen-bond donors (Lipinski definition) is 3. The molecule has 0 spiro atoms. The fourth-order valence-electron chi connectivity index (χ4n) is 2.91. The molecular formula is C18H30N4O2. The van der Waals surface area contributed by atoms with Crippen LogP contribution in [0.2, 0.25) is 0 Å². The standard InChI is InChI=1S/C18H30N4O2/c1-2-24-13-9-20-17-7-6-15(19)14-16(17)18(23)21-8-12-22-10-4-3-5-11-22/h6-7,14,20H,2-5,8-13,19H2,1H3,(H,21,23). The summed E-state index contributed by atoms with van der Waals surface area (Å²) >= 11 is 0. The monoisotopic (exact) mass is 334 g/mol. The van der Waals surface area contributed by atoms with Crippen LogP contribution in [0.3, 0.4) is 0 Å². The minimum atomic E-state index is -0.0850. The lowest BCUT2D eigenvalue weighted by atomic mass is 10.1. The van der Waals surface area contributed by atoms with Crippen molar-refractivity contribution in [2.75, 3.05) is 57.0 Å². The highest BCUT2D eigenvalue weighted by Crippen LogP contribution is 2.18. The number of ether oxygens (including phenoxy) is 1. The highest BCUT2D eigenvalue weighted by Gasteiger charge is 2.13. The lowest BCUT2D eigenvalue weighted by molar-refractivity contribution is 0.0947. The largest absolute Gasteiger partial charge is 0.399 e. The molecule has 24 heavy (non-hydrogen) atoms. The van der Waals surface area contributed by atoms with Gasteiger partial charge in [-0.25, -0.2) is 0 Å². The van der Waals surface area contributed by atoms with Crippen molar-refractivity contribution >= 4 is 17.3 Å². The van der Waals surface area contributed by atoms with E-state index in [2.05, 4.69) is 15.5 Å². The Morgan fingerprint density at radius 2 is 2.04 bits per heavy atom. The summed E-state index contributed by atoms with van der Waals surface area (Å²) in [5.41, 5.74) is 7.82. The second-order valence-electron chi connectivity index (χ2n) is 6.09. The molecule has 1 aromatic carbocycles. The van der Waals surface area contributed by atoms with E-state index in [1.165, 1.54) is 19.3 Å². The average molecular weight is 334 g/mol. The van der Waals surface area contributed by atoms with Gasteiger partial charge in [-0.2, -0.15) is 0 Å². The predicted octanol–water partition coefficient (Wildman–Crippen LogP) is 1.93. The lowest BCUT2D eigenvalue weighted by Crippen LogP contribution is -2.37. The zero-order chi connectivity index (χ0) is 17.2. The number of hydrogen-bond acceptors (Lipinski definition) is 5. The second-order valence-corrected chi connectivity index (χ2v) is 6.09. The average Bonchev–Trinajstić information content (AvgIpc) is 2.60. The molecule has 1 aliphatic rings. The zero-order valence-corrected chi connectivity index (χ0v) is 14.6. The van der Waals surface area contributed by atoms with Gasteiger partial charge in [-0.3, -0.25) is 4.79 Å². The van der Waals surface area contributed by atoms with Crippen LogP contribution in [0.1, 0.15) is 36.5 Å². The maximum Gasteiger partial charge on any atom is 0.253 e. The number of nitrogens with two attached hydrogens (primary N) is 1. The van der Waals surface area contributed by atoms with Gasteiger partial charge in [0.05, 0.1) is 12.2 Å². The molecule has 0 bridgehead atoms. The molecule has 6 heteroatoms. The summed E-state index contributed by atoms with van der Waals surface area (Å²) in [5, 5.41) is 6.25. The number of carbonyl (C=O) groups excluding carboxylic acids is 1. The topological polar surface area (TPSA) is 79.6 Å². The third-order valence-corrected chi connectivity index (χ3v) is 4.22. The molecule has 1 fully saturated rings. The van der Waals surface area contributed by atoms with Crippen molar-refractivity contribution in [1.82, 2.24) is 10.2 Å². The number of carbonyl (C=O) groups is 1. The maximum atomic E-state index is 12.5. The van der Waals surface area contributed by atoms with Crippen LogP contribution >= 0.6 is 0 Å². The van der Waals surface area contributed by atoms with Gasteiger partial charge in [-0.1, -0.05) is 6.42 Å². The molecule has 1 aliphatic heterocycles. The number of nitrogen functional groups attached to an aromatic ring is 1. The zero-order valence-electron chi connectivity index (χ0n) is 14.6. The predicted molar refractivity (Wildman–Crippen MR) is 98.5 cm³/mol. The molecule has 0 atom stereocenters. The van der Waals surface area contributed by atoms with Crippen LogP contribution in [0.15, 0.2) is 18.2 Å². The summed E-state index contributed by atoms with van der Waals surface area (Å²) in [4.78, 5) is 14.9. The number of rotatable bonds is 9. The molecule has 0 aliphatic carbocycles. The molecule has 134 valence electrons. The van der Waals surface area contributed by atoms with Crippen LogP contribution in [-0.2, 0) is 4.74 Å². The summed E-state index contributed by atoms with van der Waals surface area (Å²) in [5.74, 6) is -0.0850. The number of amides is 1. The Balaban J connectivity index is 1.85. The van der Waals surface area contributed by atoms with E-state index in [0.717, 1.165) is 25.3 Å². The van der Waals surface area contributed by atoms with Gasteiger partial charge < -0.3 is 26.0 Å². The highest BCUT2D eigenvalue weighted by atomic mass is 16.5. The van der Waals surface area contributed by atoms with Gasteiger partial charge in [-0.15, -0.1) is 0 Å². The van der Waals surface area contributed by atoms with Crippen molar-refractivity contribution in [2.45, 2.75) is 26.2 Å². The Bertz CT molecular complexity index is 516. The molecule has 1 saturated heterocycles. The smallest absolute Gasteiger partial charge is 0.253 e. The third kappa shape index (κ3) is 6.02. The summed E-state index contributed by atoms with van der Waals surface area (Å²) in [6.45, 7) is 7.75. The van der Waals surface area contributed by atoms with Gasteiger partial charge in [0.25, 0.3) is 5.91 Å². The van der Waals surface area contributed by atoms with Crippen LogP contribution in [0, 0.1) is 0 Å². The lowest BCUT2D eigenvalue weighted by Gasteiger charge is -2.26. The van der Waals surface area contributed by atoms with Crippen molar-refractivity contribution in [3.63, 3.8) is 0 Å². The Labute approximate surface area is 144 Å². The SMILES string of the molecule is CCOCCNc1ccc(N)cc1C(=O)NCCN1CCCCC1. The van der Waals surface area contributed by atoms with Crippen LogP contribution in [-0.4, -0.2) is 56.7 Å². The van der Waals surface area contributed by atoms with Gasteiger partial charge in [0.2, 0.25) is 0 Å². The molecule has 1 amide bonds. The fraction of sp³-hybridized carbons (Fsp3) is 0.611. The van der Waals surface area contributed by atoms with Crippen molar-refractivity contribution in [2.24, 2.45) is 0 Å². The fourth-order valence-corrected chi connectivity index (χ4v) is 2.91. The van der Waals surface area contributed by atoms with E-state index < -0.39 is 0 Å². The molecule has 1 aromatic rings. The molecule has 0 aromatic heterocycles. The van der Waals surface area contributed by atoms with Crippen LogP contribution in [0.25, 0.3) is 0 Å². The first-order valence-corrected chi connectivity index (χ1v) is 8.92. The molecular weight excluding hydrogens is 304 g/mol. The molecule has 2 rings (SSSR count). The molecule has 0 radical (unpaired) electrons. The Kier molecular flexibility index (Phi) is 7.85. The van der Waals surface area contributed by atoms with E-state index >= 15 is 0 Å². The molecule has 4 N–H and O–H groups in total. The van der Waals surface area contributed by atoms with E-state index in [9.17, 15) is 4.79 Å². The van der Waals surface area contributed by atoms with E-state index in [4.69, 9.17) is 10.5 Å². The number of nitrogens with zero attached hydrogens (tertiary/aromatic N) is 1. The number of benzene rings is 1. The quantitative estimate of drug-likeness (QED) is 0.475. The Morgan fingerprint density at radius 1 is 1.25 bits per heavy atom. The normalized spacial score (nSPS) is 15.2. The Morgan fingerprint density at radius 3 is 2.79 bits per heavy atom. The highest BCUT2D eigenvalue weighted by molar-refractivity contribution is 6.00. The summed E-state index contributed by atoms with van der Waals surface area (Å²) < 4.78 is 5.32. The summed E-state index contributed by atoms with van der Waals surface area (Å²) in [7, 11) is 0. The first kappa shape index (κ1) is 18.5. The summed E-state index contributed by atoms with van der Waals surface area (Å²) in [6, 6.07) is 5.37. The first-order valence-electron chi connectivity index (χ1n) is 8.92. The van der Waals surface area contributed by atoms with Crippen molar-refractivity contribution < 1.29 is 9.53 Å². The van der Waals surface area contributed by atoms with E-state index in [1.54, 1.807) is 12.1 Å². The Hall–Kier alpha value is -1.79. The van der Waals surface area contributed by atoms with E-state index in [-0.39, 0.29) is 5.91 Å². The van der Waals surface area contributed by atoms with Gasteiger partial charge in [0.1, 0.15) is 0 Å². The number of nitrogens with one attached hydrogen (secondary N) is 2. The van der Waals surface area contributed by atoms with Gasteiger partial charge in [0.15, 0.2) is 0 Å². The van der Waals surface area contributed by atoms with Crippen molar-refractivity contribution in [3.05, 3.63) is 23.8 Å². The number of piperidine rings is 1. The van der Waals surface area contributed by atoms with Crippen LogP contribution in [0.4, 0.5) is 11.4 Å². The van der Waals surface area contributed by atoms with E-state index in [1.807, 2.05) is 13.0 Å². The van der Waals surface area contributed by atoms with Crippen LogP contribution < -0.4 is 16.4 Å².